The number of amides is 1. The van der Waals surface area contributed by atoms with Crippen LogP contribution in [0.1, 0.15) is 17.9 Å². The first kappa shape index (κ1) is 18.6. The van der Waals surface area contributed by atoms with Gasteiger partial charge in [-0.1, -0.05) is 11.2 Å². The second kappa shape index (κ2) is 7.70. The summed E-state index contributed by atoms with van der Waals surface area (Å²) in [7, 11) is 1.59. The number of benzene rings is 2. The van der Waals surface area contributed by atoms with Gasteiger partial charge in [0.15, 0.2) is 0 Å². The van der Waals surface area contributed by atoms with Crippen LogP contribution in [0.5, 0.6) is 5.75 Å². The molecule has 0 saturated heterocycles. The topological polar surface area (TPSA) is 112 Å². The molecule has 1 aliphatic heterocycles. The fourth-order valence-corrected chi connectivity index (χ4v) is 3.30. The third-order valence-corrected chi connectivity index (χ3v) is 4.85. The van der Waals surface area contributed by atoms with Crippen molar-refractivity contribution >= 4 is 17.3 Å². The van der Waals surface area contributed by atoms with Crippen molar-refractivity contribution in [3.05, 3.63) is 64.0 Å². The molecule has 9 nitrogen and oxygen atoms in total. The van der Waals surface area contributed by atoms with Crippen LogP contribution >= 0.6 is 0 Å². The summed E-state index contributed by atoms with van der Waals surface area (Å²) in [5, 5.41) is 15.0. The van der Waals surface area contributed by atoms with E-state index < -0.39 is 4.92 Å². The van der Waals surface area contributed by atoms with Gasteiger partial charge in [-0.3, -0.25) is 14.9 Å². The van der Waals surface area contributed by atoms with E-state index in [0.717, 1.165) is 16.9 Å². The van der Waals surface area contributed by atoms with Gasteiger partial charge in [0.1, 0.15) is 5.75 Å². The first-order valence-electron chi connectivity index (χ1n) is 9.10. The zero-order valence-electron chi connectivity index (χ0n) is 15.7. The Morgan fingerprint density at radius 1 is 1.28 bits per heavy atom. The molecule has 0 unspecified atom stereocenters. The normalized spacial score (nSPS) is 12.7. The van der Waals surface area contributed by atoms with Gasteiger partial charge in [0.2, 0.25) is 17.6 Å². The lowest BCUT2D eigenvalue weighted by atomic mass is 10.1. The minimum Gasteiger partial charge on any atom is -0.497 e. The van der Waals surface area contributed by atoms with Crippen LogP contribution in [-0.2, 0) is 17.6 Å². The fourth-order valence-electron chi connectivity index (χ4n) is 3.30. The lowest BCUT2D eigenvalue weighted by molar-refractivity contribution is -0.384. The lowest BCUT2D eigenvalue weighted by Crippen LogP contribution is -2.29. The summed E-state index contributed by atoms with van der Waals surface area (Å²) in [6.45, 7) is 0.510. The van der Waals surface area contributed by atoms with E-state index in [4.69, 9.17) is 9.26 Å². The molecule has 0 saturated carbocycles. The number of anilines is 1. The quantitative estimate of drug-likeness (QED) is 0.466. The average molecular weight is 394 g/mol. The maximum absolute atomic E-state index is 12.7. The molecule has 3 aromatic rings. The van der Waals surface area contributed by atoms with Gasteiger partial charge in [-0.25, -0.2) is 0 Å². The molecular weight excluding hydrogens is 376 g/mol. The molecule has 148 valence electrons. The van der Waals surface area contributed by atoms with E-state index in [1.165, 1.54) is 12.1 Å². The molecule has 0 spiro atoms. The predicted octanol–water partition coefficient (Wildman–Crippen LogP) is 3.18. The number of nitro groups is 1. The van der Waals surface area contributed by atoms with Gasteiger partial charge in [0.05, 0.1) is 17.7 Å². The minimum absolute atomic E-state index is 0.0236. The van der Waals surface area contributed by atoms with E-state index in [2.05, 4.69) is 10.1 Å². The highest BCUT2D eigenvalue weighted by atomic mass is 16.6. The standard InChI is InChI=1S/C20H18N4O5/c1-28-16-6-3-14(4-7-16)20-21-18(29-22-20)8-9-19(25)23-11-10-13-2-5-15(24(26)27)12-17(13)23/h2-7,12H,8-11H2,1H3. The molecule has 9 heteroatoms. The van der Waals surface area contributed by atoms with Crippen LogP contribution in [0, 0.1) is 10.1 Å². The zero-order chi connectivity index (χ0) is 20.4. The highest BCUT2D eigenvalue weighted by Crippen LogP contribution is 2.32. The smallest absolute Gasteiger partial charge is 0.271 e. The van der Waals surface area contributed by atoms with Crippen molar-refractivity contribution in [1.29, 1.82) is 0 Å². The fraction of sp³-hybridized carbons (Fsp3) is 0.250. The van der Waals surface area contributed by atoms with E-state index in [-0.39, 0.29) is 18.0 Å². The van der Waals surface area contributed by atoms with Gasteiger partial charge >= 0.3 is 0 Å². The molecule has 1 aromatic heterocycles. The molecular formula is C20H18N4O5. The van der Waals surface area contributed by atoms with Gasteiger partial charge < -0.3 is 14.2 Å². The van der Waals surface area contributed by atoms with Crippen LogP contribution in [0.25, 0.3) is 11.4 Å². The number of aryl methyl sites for hydroxylation is 1. The van der Waals surface area contributed by atoms with Crippen LogP contribution in [0.2, 0.25) is 0 Å². The number of methoxy groups -OCH3 is 1. The monoisotopic (exact) mass is 394 g/mol. The number of hydrogen-bond acceptors (Lipinski definition) is 7. The molecule has 0 atom stereocenters. The van der Waals surface area contributed by atoms with Crippen molar-refractivity contribution in [2.75, 3.05) is 18.6 Å². The Bertz CT molecular complexity index is 1060. The average Bonchev–Trinajstić information content (AvgIpc) is 3.38. The number of non-ortho nitro benzene ring substituents is 1. The minimum atomic E-state index is -0.458. The Morgan fingerprint density at radius 2 is 2.07 bits per heavy atom. The Labute approximate surface area is 166 Å². The van der Waals surface area contributed by atoms with Crippen LogP contribution < -0.4 is 9.64 Å². The number of fused-ring (bicyclic) bond motifs is 1. The summed E-state index contributed by atoms with van der Waals surface area (Å²) in [6.07, 6.45) is 1.15. The SMILES string of the molecule is COc1ccc(-c2noc(CCC(=O)N3CCc4ccc([N+](=O)[O-])cc43)n2)cc1. The van der Waals surface area contributed by atoms with Gasteiger partial charge in [-0.2, -0.15) is 4.98 Å². The largest absolute Gasteiger partial charge is 0.497 e. The molecule has 1 amide bonds. The van der Waals surface area contributed by atoms with Crippen molar-refractivity contribution in [2.45, 2.75) is 19.3 Å². The summed E-state index contributed by atoms with van der Waals surface area (Å²) < 4.78 is 10.4. The molecule has 2 heterocycles. The number of rotatable bonds is 6. The van der Waals surface area contributed by atoms with Crippen molar-refractivity contribution in [1.82, 2.24) is 10.1 Å². The van der Waals surface area contributed by atoms with Crippen molar-refractivity contribution in [3.8, 4) is 17.1 Å². The van der Waals surface area contributed by atoms with E-state index in [1.54, 1.807) is 30.2 Å². The van der Waals surface area contributed by atoms with E-state index >= 15 is 0 Å². The first-order chi connectivity index (χ1) is 14.0. The number of aromatic nitrogens is 2. The summed E-state index contributed by atoms with van der Waals surface area (Å²) in [5.74, 6) is 1.41. The number of hydrogen-bond donors (Lipinski definition) is 0. The second-order valence-corrected chi connectivity index (χ2v) is 6.61. The van der Waals surface area contributed by atoms with E-state index in [1.807, 2.05) is 12.1 Å². The van der Waals surface area contributed by atoms with Crippen LogP contribution in [0.15, 0.2) is 47.0 Å². The van der Waals surface area contributed by atoms with Crippen molar-refractivity contribution in [2.24, 2.45) is 0 Å². The van der Waals surface area contributed by atoms with Crippen molar-refractivity contribution in [3.63, 3.8) is 0 Å². The number of nitrogens with zero attached hydrogens (tertiary/aromatic N) is 4. The van der Waals surface area contributed by atoms with E-state index in [0.29, 0.717) is 36.8 Å². The number of nitro benzene ring substituents is 1. The predicted molar refractivity (Wildman–Crippen MR) is 104 cm³/mol. The molecule has 0 aliphatic carbocycles. The molecule has 0 fully saturated rings. The van der Waals surface area contributed by atoms with E-state index in [9.17, 15) is 14.9 Å². The summed E-state index contributed by atoms with van der Waals surface area (Å²) in [5.41, 5.74) is 2.30. The number of carbonyl (C=O) groups excluding carboxylic acids is 1. The molecule has 2 aromatic carbocycles. The highest BCUT2D eigenvalue weighted by molar-refractivity contribution is 5.95. The second-order valence-electron chi connectivity index (χ2n) is 6.61. The number of carbonyl (C=O) groups is 1. The molecule has 4 rings (SSSR count). The third-order valence-electron chi connectivity index (χ3n) is 4.85. The number of ether oxygens (including phenoxy) is 1. The van der Waals surface area contributed by atoms with Gasteiger partial charge in [0.25, 0.3) is 5.69 Å². The zero-order valence-corrected chi connectivity index (χ0v) is 15.7. The van der Waals surface area contributed by atoms with Crippen LogP contribution in [0.3, 0.4) is 0 Å². The van der Waals surface area contributed by atoms with Crippen LogP contribution in [-0.4, -0.2) is 34.6 Å². The summed E-state index contributed by atoms with van der Waals surface area (Å²) in [6, 6.07) is 11.9. The molecule has 0 radical (unpaired) electrons. The van der Waals surface area contributed by atoms with Crippen molar-refractivity contribution < 1.29 is 19.0 Å². The maximum atomic E-state index is 12.7. The first-order valence-corrected chi connectivity index (χ1v) is 9.10. The third kappa shape index (κ3) is 3.79. The summed E-state index contributed by atoms with van der Waals surface area (Å²) in [4.78, 5) is 29.1. The molecule has 29 heavy (non-hydrogen) atoms. The molecule has 1 aliphatic rings. The van der Waals surface area contributed by atoms with Gasteiger partial charge in [-0.15, -0.1) is 0 Å². The molecule has 0 N–H and O–H groups in total. The highest BCUT2D eigenvalue weighted by Gasteiger charge is 2.26. The molecule has 0 bridgehead atoms. The Morgan fingerprint density at radius 3 is 2.79 bits per heavy atom. The van der Waals surface area contributed by atoms with Gasteiger partial charge in [-0.05, 0) is 36.2 Å². The van der Waals surface area contributed by atoms with Gasteiger partial charge in [0, 0.05) is 37.1 Å². The Kier molecular flexibility index (Phi) is 4.94. The van der Waals surface area contributed by atoms with Crippen LogP contribution in [0.4, 0.5) is 11.4 Å². The Balaban J connectivity index is 1.42. The maximum Gasteiger partial charge on any atom is 0.271 e. The Hall–Kier alpha value is -3.75. The summed E-state index contributed by atoms with van der Waals surface area (Å²) >= 11 is 0. The lowest BCUT2D eigenvalue weighted by Gasteiger charge is -2.16.